The predicted octanol–water partition coefficient (Wildman–Crippen LogP) is 3.09. The van der Waals surface area contributed by atoms with Gasteiger partial charge < -0.3 is 10.1 Å². The summed E-state index contributed by atoms with van der Waals surface area (Å²) in [6, 6.07) is 9.47. The van der Waals surface area contributed by atoms with Crippen LogP contribution in [0.3, 0.4) is 0 Å². The van der Waals surface area contributed by atoms with E-state index in [0.717, 1.165) is 5.56 Å². The molecule has 0 saturated heterocycles. The Morgan fingerprint density at radius 3 is 2.57 bits per heavy atom. The number of esters is 1. The van der Waals surface area contributed by atoms with Crippen molar-refractivity contribution in [3.8, 4) is 0 Å². The van der Waals surface area contributed by atoms with Crippen molar-refractivity contribution >= 4 is 23.2 Å². The first-order valence-electron chi connectivity index (χ1n) is 6.61. The first-order valence-corrected chi connectivity index (χ1v) is 7.56. The molecule has 1 aromatic heterocycles. The maximum Gasteiger partial charge on any atom is 0.339 e. The topological polar surface area (TPSA) is 55.4 Å². The van der Waals surface area contributed by atoms with Crippen LogP contribution >= 0.6 is 11.3 Å². The first-order chi connectivity index (χ1) is 10.1. The van der Waals surface area contributed by atoms with E-state index in [4.69, 9.17) is 4.74 Å². The van der Waals surface area contributed by atoms with Crippen LogP contribution < -0.4 is 5.32 Å². The molecule has 110 valence electrons. The van der Waals surface area contributed by atoms with Crippen LogP contribution in [0.25, 0.3) is 0 Å². The molecule has 0 aliphatic carbocycles. The van der Waals surface area contributed by atoms with Crippen molar-refractivity contribution in [1.82, 2.24) is 5.32 Å². The van der Waals surface area contributed by atoms with Gasteiger partial charge in [-0.1, -0.05) is 29.8 Å². The zero-order chi connectivity index (χ0) is 15.2. The highest BCUT2D eigenvalue weighted by Gasteiger charge is 2.13. The minimum absolute atomic E-state index is 0.127. The molecule has 1 atom stereocenters. The van der Waals surface area contributed by atoms with Gasteiger partial charge in [0.05, 0.1) is 11.6 Å². The monoisotopic (exact) mass is 303 g/mol. The molecule has 1 N–H and O–H groups in total. The molecule has 5 heteroatoms. The Bertz CT molecular complexity index is 605. The third-order valence-electron chi connectivity index (χ3n) is 3.05. The highest BCUT2D eigenvalue weighted by atomic mass is 32.1. The lowest BCUT2D eigenvalue weighted by atomic mass is 10.1. The molecule has 0 fully saturated rings. The Morgan fingerprint density at radius 1 is 1.24 bits per heavy atom. The van der Waals surface area contributed by atoms with Gasteiger partial charge in [-0.3, -0.25) is 4.79 Å². The van der Waals surface area contributed by atoms with E-state index in [2.05, 4.69) is 5.32 Å². The molecule has 0 saturated carbocycles. The molecular weight excluding hydrogens is 286 g/mol. The summed E-state index contributed by atoms with van der Waals surface area (Å²) >= 11 is 1.41. The number of amides is 1. The second kappa shape index (κ2) is 7.04. The number of thiophene rings is 1. The average molecular weight is 303 g/mol. The SMILES string of the molecule is Cc1ccc([C@H](C)NC(=O)COC(=O)c2ccsc2)cc1. The quantitative estimate of drug-likeness (QED) is 0.864. The fraction of sp³-hybridized carbons (Fsp3) is 0.250. The van der Waals surface area contributed by atoms with E-state index in [1.54, 1.807) is 16.8 Å². The standard InChI is InChI=1S/C16H17NO3S/c1-11-3-5-13(6-4-11)12(2)17-15(18)9-20-16(19)14-7-8-21-10-14/h3-8,10,12H,9H2,1-2H3,(H,17,18)/t12-/m0/s1. The Balaban J connectivity index is 1.81. The second-order valence-electron chi connectivity index (χ2n) is 4.79. The molecule has 21 heavy (non-hydrogen) atoms. The van der Waals surface area contributed by atoms with Gasteiger partial charge in [-0.05, 0) is 30.9 Å². The number of nitrogens with one attached hydrogen (secondary N) is 1. The number of carbonyl (C=O) groups is 2. The molecule has 2 aromatic rings. The van der Waals surface area contributed by atoms with Crippen LogP contribution in [-0.2, 0) is 9.53 Å². The predicted molar refractivity (Wildman–Crippen MR) is 82.3 cm³/mol. The van der Waals surface area contributed by atoms with Crippen LogP contribution in [0.1, 0.15) is 34.5 Å². The van der Waals surface area contributed by atoms with E-state index in [-0.39, 0.29) is 18.6 Å². The van der Waals surface area contributed by atoms with E-state index in [9.17, 15) is 9.59 Å². The zero-order valence-corrected chi connectivity index (χ0v) is 12.8. The van der Waals surface area contributed by atoms with Gasteiger partial charge in [-0.15, -0.1) is 0 Å². The summed E-state index contributed by atoms with van der Waals surface area (Å²) in [5.74, 6) is -0.791. The molecule has 0 bridgehead atoms. The highest BCUT2D eigenvalue weighted by molar-refractivity contribution is 7.08. The molecule has 4 nitrogen and oxygen atoms in total. The number of hydrogen-bond donors (Lipinski definition) is 1. The molecule has 0 radical (unpaired) electrons. The second-order valence-corrected chi connectivity index (χ2v) is 5.57. The number of benzene rings is 1. The molecule has 0 unspecified atom stereocenters. The van der Waals surface area contributed by atoms with Gasteiger partial charge in [0.1, 0.15) is 0 Å². The van der Waals surface area contributed by atoms with Gasteiger partial charge in [-0.2, -0.15) is 11.3 Å². The van der Waals surface area contributed by atoms with Crippen LogP contribution in [0.4, 0.5) is 0 Å². The lowest BCUT2D eigenvalue weighted by Crippen LogP contribution is -2.31. The fourth-order valence-corrected chi connectivity index (χ4v) is 2.44. The average Bonchev–Trinajstić information content (AvgIpc) is 2.99. The third kappa shape index (κ3) is 4.43. The van der Waals surface area contributed by atoms with Gasteiger partial charge in [0.15, 0.2) is 6.61 Å². The number of aryl methyl sites for hydroxylation is 1. The zero-order valence-electron chi connectivity index (χ0n) is 12.0. The van der Waals surface area contributed by atoms with E-state index >= 15 is 0 Å². The van der Waals surface area contributed by atoms with Crippen LogP contribution in [-0.4, -0.2) is 18.5 Å². The number of hydrogen-bond acceptors (Lipinski definition) is 4. The van der Waals surface area contributed by atoms with Crippen LogP contribution in [0.5, 0.6) is 0 Å². The number of carbonyl (C=O) groups excluding carboxylic acids is 2. The fourth-order valence-electron chi connectivity index (χ4n) is 1.82. The summed E-state index contributed by atoms with van der Waals surface area (Å²) in [6.07, 6.45) is 0. The van der Waals surface area contributed by atoms with E-state index in [1.165, 1.54) is 16.9 Å². The molecular formula is C16H17NO3S. The Hall–Kier alpha value is -2.14. The number of rotatable bonds is 5. The van der Waals surface area contributed by atoms with Gasteiger partial charge in [0.25, 0.3) is 5.91 Å². The lowest BCUT2D eigenvalue weighted by molar-refractivity contribution is -0.124. The molecule has 0 spiro atoms. The van der Waals surface area contributed by atoms with Crippen LogP contribution in [0, 0.1) is 6.92 Å². The molecule has 1 aromatic carbocycles. The smallest absolute Gasteiger partial charge is 0.339 e. The van der Waals surface area contributed by atoms with Crippen molar-refractivity contribution in [1.29, 1.82) is 0 Å². The third-order valence-corrected chi connectivity index (χ3v) is 3.73. The van der Waals surface area contributed by atoms with E-state index in [0.29, 0.717) is 5.56 Å². The number of ether oxygens (including phenoxy) is 1. The Kier molecular flexibility index (Phi) is 5.11. The maximum atomic E-state index is 11.8. The highest BCUT2D eigenvalue weighted by Crippen LogP contribution is 2.13. The van der Waals surface area contributed by atoms with Crippen molar-refractivity contribution in [3.05, 3.63) is 57.8 Å². The lowest BCUT2D eigenvalue weighted by Gasteiger charge is -2.14. The van der Waals surface area contributed by atoms with Crippen molar-refractivity contribution in [2.24, 2.45) is 0 Å². The molecule has 1 amide bonds. The Morgan fingerprint density at radius 2 is 1.95 bits per heavy atom. The molecule has 0 aliphatic heterocycles. The van der Waals surface area contributed by atoms with Crippen LogP contribution in [0.2, 0.25) is 0 Å². The van der Waals surface area contributed by atoms with Gasteiger partial charge in [0, 0.05) is 5.38 Å². The van der Waals surface area contributed by atoms with Crippen molar-refractivity contribution in [2.45, 2.75) is 19.9 Å². The van der Waals surface area contributed by atoms with E-state index in [1.807, 2.05) is 38.1 Å². The molecule has 1 heterocycles. The Labute approximate surface area is 127 Å². The summed E-state index contributed by atoms with van der Waals surface area (Å²) in [7, 11) is 0. The van der Waals surface area contributed by atoms with E-state index < -0.39 is 5.97 Å². The van der Waals surface area contributed by atoms with Gasteiger partial charge in [0.2, 0.25) is 0 Å². The minimum Gasteiger partial charge on any atom is -0.452 e. The summed E-state index contributed by atoms with van der Waals surface area (Å²) in [4.78, 5) is 23.4. The van der Waals surface area contributed by atoms with Crippen molar-refractivity contribution in [3.63, 3.8) is 0 Å². The summed E-state index contributed by atoms with van der Waals surface area (Å²) in [5.41, 5.74) is 2.65. The summed E-state index contributed by atoms with van der Waals surface area (Å²) in [6.45, 7) is 3.63. The summed E-state index contributed by atoms with van der Waals surface area (Å²) in [5, 5.41) is 6.28. The van der Waals surface area contributed by atoms with Crippen LogP contribution in [0.15, 0.2) is 41.1 Å². The molecule has 0 aliphatic rings. The normalized spacial score (nSPS) is 11.7. The largest absolute Gasteiger partial charge is 0.452 e. The maximum absolute atomic E-state index is 11.8. The van der Waals surface area contributed by atoms with Gasteiger partial charge >= 0.3 is 5.97 Å². The van der Waals surface area contributed by atoms with Gasteiger partial charge in [-0.25, -0.2) is 4.79 Å². The van der Waals surface area contributed by atoms with Crippen molar-refractivity contribution < 1.29 is 14.3 Å². The molecule has 2 rings (SSSR count). The van der Waals surface area contributed by atoms with Crippen molar-refractivity contribution in [2.75, 3.05) is 6.61 Å². The first kappa shape index (κ1) is 15.3. The summed E-state index contributed by atoms with van der Waals surface area (Å²) < 4.78 is 4.96. The minimum atomic E-state index is -0.477.